The smallest absolute Gasteiger partial charge is 0.259 e. The lowest BCUT2D eigenvalue weighted by molar-refractivity contribution is -0.112. The Kier molecular flexibility index (Phi) is 3.09. The van der Waals surface area contributed by atoms with Gasteiger partial charge in [0.1, 0.15) is 5.82 Å². The summed E-state index contributed by atoms with van der Waals surface area (Å²) in [5, 5.41) is 0.533. The minimum atomic E-state index is -0.212. The molecule has 1 N–H and O–H groups in total. The van der Waals surface area contributed by atoms with Crippen molar-refractivity contribution in [2.45, 2.75) is 6.92 Å². The molecule has 3 aromatic rings. The van der Waals surface area contributed by atoms with Crippen LogP contribution in [0.4, 0.5) is 5.69 Å². The van der Waals surface area contributed by atoms with Gasteiger partial charge < -0.3 is 9.88 Å². The number of nitrogens with one attached hydrogen (secondary N) is 1. The molecule has 0 spiro atoms. The molecule has 0 fully saturated rings. The molecule has 2 aromatic carbocycles. The molecule has 1 aliphatic rings. The second-order valence-corrected chi connectivity index (χ2v) is 5.91. The van der Waals surface area contributed by atoms with Crippen molar-refractivity contribution in [3.63, 3.8) is 0 Å². The quantitative estimate of drug-likeness (QED) is 0.702. The van der Waals surface area contributed by atoms with Crippen LogP contribution < -0.4 is 10.5 Å². The number of aromatic amines is 1. The summed E-state index contributed by atoms with van der Waals surface area (Å²) in [4.78, 5) is 33.6. The van der Waals surface area contributed by atoms with Crippen molar-refractivity contribution in [1.82, 2.24) is 9.97 Å². The Balaban J connectivity index is 1.92. The molecule has 1 aliphatic heterocycles. The number of nitrogens with zero attached hydrogens (tertiary/aromatic N) is 2. The lowest BCUT2D eigenvalue weighted by atomic mass is 10.0. The van der Waals surface area contributed by atoms with Crippen molar-refractivity contribution < 1.29 is 4.79 Å². The highest BCUT2D eigenvalue weighted by atomic mass is 16.2. The first kappa shape index (κ1) is 14.4. The number of aryl methyl sites for hydroxylation is 1. The Morgan fingerprint density at radius 2 is 1.92 bits per heavy atom. The molecular formula is C19H15N3O2. The maximum absolute atomic E-state index is 12.6. The zero-order valence-corrected chi connectivity index (χ0v) is 13.3. The van der Waals surface area contributed by atoms with Crippen LogP contribution in [-0.4, -0.2) is 22.9 Å². The highest BCUT2D eigenvalue weighted by Gasteiger charge is 2.29. The molecule has 0 saturated carbocycles. The summed E-state index contributed by atoms with van der Waals surface area (Å²) in [6, 6.07) is 13.0. The summed E-state index contributed by atoms with van der Waals surface area (Å²) in [6.45, 7) is 1.98. The van der Waals surface area contributed by atoms with Crippen LogP contribution in [0.1, 0.15) is 17.0 Å². The number of aromatic nitrogens is 2. The van der Waals surface area contributed by atoms with Gasteiger partial charge in [0.05, 0.1) is 22.2 Å². The molecule has 0 bridgehead atoms. The van der Waals surface area contributed by atoms with Gasteiger partial charge in [-0.2, -0.15) is 0 Å². The molecule has 0 saturated heterocycles. The van der Waals surface area contributed by atoms with Gasteiger partial charge >= 0.3 is 0 Å². The number of fused-ring (bicyclic) bond motifs is 2. The Hall–Kier alpha value is -3.21. The molecule has 1 amide bonds. The van der Waals surface area contributed by atoms with Crippen molar-refractivity contribution in [1.29, 1.82) is 0 Å². The second kappa shape index (κ2) is 5.16. The van der Waals surface area contributed by atoms with Crippen LogP contribution in [0.25, 0.3) is 22.6 Å². The van der Waals surface area contributed by atoms with Gasteiger partial charge in [-0.25, -0.2) is 4.98 Å². The summed E-state index contributed by atoms with van der Waals surface area (Å²) >= 11 is 0. The topological polar surface area (TPSA) is 66.1 Å². The molecular weight excluding hydrogens is 302 g/mol. The zero-order valence-electron chi connectivity index (χ0n) is 13.3. The monoisotopic (exact) mass is 317 g/mol. The maximum atomic E-state index is 12.6. The van der Waals surface area contributed by atoms with Gasteiger partial charge in [0, 0.05) is 12.6 Å². The number of H-pyrrole nitrogens is 1. The fourth-order valence-corrected chi connectivity index (χ4v) is 3.01. The molecule has 24 heavy (non-hydrogen) atoms. The van der Waals surface area contributed by atoms with Gasteiger partial charge in [-0.1, -0.05) is 23.8 Å². The summed E-state index contributed by atoms with van der Waals surface area (Å²) in [5.41, 5.74) is 3.72. The van der Waals surface area contributed by atoms with Crippen LogP contribution in [-0.2, 0) is 4.79 Å². The van der Waals surface area contributed by atoms with Crippen LogP contribution in [0.2, 0.25) is 0 Å². The van der Waals surface area contributed by atoms with Crippen LogP contribution in [0, 0.1) is 6.92 Å². The van der Waals surface area contributed by atoms with E-state index in [-0.39, 0.29) is 11.5 Å². The molecule has 5 nitrogen and oxygen atoms in total. The number of carbonyl (C=O) groups excluding carboxylic acids is 1. The number of amides is 1. The van der Waals surface area contributed by atoms with Crippen molar-refractivity contribution >= 4 is 34.1 Å². The fraction of sp³-hybridized carbons (Fsp3) is 0.105. The van der Waals surface area contributed by atoms with Gasteiger partial charge in [0.15, 0.2) is 0 Å². The van der Waals surface area contributed by atoms with Crippen LogP contribution >= 0.6 is 0 Å². The lowest BCUT2D eigenvalue weighted by Gasteiger charge is -2.08. The first-order valence-electron chi connectivity index (χ1n) is 7.64. The number of anilines is 1. The van der Waals surface area contributed by atoms with Gasteiger partial charge in [-0.3, -0.25) is 9.59 Å². The number of hydrogen-bond acceptors (Lipinski definition) is 3. The molecule has 5 heteroatoms. The largest absolute Gasteiger partial charge is 0.311 e. The van der Waals surface area contributed by atoms with Gasteiger partial charge in [0.25, 0.3) is 11.5 Å². The van der Waals surface area contributed by atoms with E-state index in [4.69, 9.17) is 0 Å². The van der Waals surface area contributed by atoms with Gasteiger partial charge in [0.2, 0.25) is 0 Å². The highest BCUT2D eigenvalue weighted by molar-refractivity contribution is 6.35. The van der Waals surface area contributed by atoms with Gasteiger partial charge in [-0.05, 0) is 37.3 Å². The number of hydrogen-bond donors (Lipinski definition) is 1. The van der Waals surface area contributed by atoms with E-state index < -0.39 is 0 Å². The van der Waals surface area contributed by atoms with Crippen molar-refractivity contribution in [2.75, 3.05) is 11.9 Å². The molecule has 4 rings (SSSR count). The molecule has 0 unspecified atom stereocenters. The molecule has 0 atom stereocenters. The average molecular weight is 317 g/mol. The van der Waals surface area contributed by atoms with E-state index in [1.807, 2.05) is 31.2 Å². The molecule has 0 radical (unpaired) electrons. The Morgan fingerprint density at radius 1 is 1.12 bits per heavy atom. The molecule has 2 heterocycles. The number of benzene rings is 2. The summed E-state index contributed by atoms with van der Waals surface area (Å²) in [5.74, 6) is 0.274. The zero-order chi connectivity index (χ0) is 16.8. The number of carbonyl (C=O) groups is 1. The average Bonchev–Trinajstić information content (AvgIpc) is 2.79. The van der Waals surface area contributed by atoms with E-state index in [0.717, 1.165) is 16.8 Å². The first-order chi connectivity index (χ1) is 11.5. The third-order valence-corrected chi connectivity index (χ3v) is 4.25. The molecule has 118 valence electrons. The van der Waals surface area contributed by atoms with E-state index in [1.54, 1.807) is 36.2 Å². The predicted molar refractivity (Wildman–Crippen MR) is 94.8 cm³/mol. The summed E-state index contributed by atoms with van der Waals surface area (Å²) in [6.07, 6.45) is 1.65. The first-order valence-corrected chi connectivity index (χ1v) is 7.64. The maximum Gasteiger partial charge on any atom is 0.259 e. The van der Waals surface area contributed by atoms with E-state index >= 15 is 0 Å². The Labute approximate surface area is 138 Å². The lowest BCUT2D eigenvalue weighted by Crippen LogP contribution is -2.20. The van der Waals surface area contributed by atoms with Crippen molar-refractivity contribution in [2.24, 2.45) is 0 Å². The minimum Gasteiger partial charge on any atom is -0.311 e. The van der Waals surface area contributed by atoms with Crippen LogP contribution in [0.15, 0.2) is 47.3 Å². The standard InChI is InChI=1S/C19H15N3O2/c1-11-7-8-16-13(9-11)14(19(24)22(16)2)10-17-20-15-6-4-3-5-12(15)18(23)21-17/h3-10H,1-2H3,(H,20,21,23). The van der Waals surface area contributed by atoms with Crippen LogP contribution in [0.5, 0.6) is 0 Å². The fourth-order valence-electron chi connectivity index (χ4n) is 3.01. The Morgan fingerprint density at radius 3 is 2.75 bits per heavy atom. The third-order valence-electron chi connectivity index (χ3n) is 4.25. The number of likely N-dealkylation sites (N-methyl/N-ethyl adjacent to an activating group) is 1. The number of rotatable bonds is 1. The third kappa shape index (κ3) is 2.13. The van der Waals surface area contributed by atoms with E-state index in [1.165, 1.54) is 0 Å². The highest BCUT2D eigenvalue weighted by Crippen LogP contribution is 2.36. The molecule has 0 aliphatic carbocycles. The second-order valence-electron chi connectivity index (χ2n) is 5.91. The Bertz CT molecular complexity index is 1080. The number of para-hydroxylation sites is 1. The SMILES string of the molecule is Cc1ccc2c(c1)C(=Cc1nc3ccccc3c(=O)[nH]1)C(=O)N2C. The van der Waals surface area contributed by atoms with Crippen molar-refractivity contribution in [3.05, 3.63) is 69.8 Å². The molecule has 1 aromatic heterocycles. The predicted octanol–water partition coefficient (Wildman–Crippen LogP) is 2.75. The summed E-state index contributed by atoms with van der Waals surface area (Å²) < 4.78 is 0. The van der Waals surface area contributed by atoms with E-state index in [0.29, 0.717) is 22.3 Å². The van der Waals surface area contributed by atoms with E-state index in [2.05, 4.69) is 9.97 Å². The van der Waals surface area contributed by atoms with Gasteiger partial charge in [-0.15, -0.1) is 0 Å². The normalized spacial score (nSPS) is 15.3. The summed E-state index contributed by atoms with van der Waals surface area (Å²) in [7, 11) is 1.74. The van der Waals surface area contributed by atoms with Crippen LogP contribution in [0.3, 0.4) is 0 Å². The van der Waals surface area contributed by atoms with Crippen molar-refractivity contribution in [3.8, 4) is 0 Å². The minimum absolute atomic E-state index is 0.105. The van der Waals surface area contributed by atoms with E-state index in [9.17, 15) is 9.59 Å².